The molecule has 0 unspecified atom stereocenters. The maximum absolute atomic E-state index is 12.8. The van der Waals surface area contributed by atoms with Crippen molar-refractivity contribution in [2.45, 2.75) is 31.5 Å². The minimum Gasteiger partial charge on any atom is -0.465 e. The highest BCUT2D eigenvalue weighted by Crippen LogP contribution is 2.37. The van der Waals surface area contributed by atoms with Crippen molar-refractivity contribution in [2.75, 3.05) is 6.54 Å². The average molecular weight is 264 g/mol. The molecule has 2 bridgehead atoms. The van der Waals surface area contributed by atoms with E-state index in [-0.39, 0.29) is 17.9 Å². The Kier molecular flexibility index (Phi) is 3.14. The Bertz CT molecular complexity index is 477. The molecule has 1 amide bonds. The Morgan fingerprint density at radius 2 is 2.11 bits per heavy atom. The molecule has 0 spiro atoms. The lowest BCUT2D eigenvalue weighted by Gasteiger charge is -2.31. The lowest BCUT2D eigenvalue weighted by molar-refractivity contribution is 0.119. The second kappa shape index (κ2) is 4.81. The van der Waals surface area contributed by atoms with Crippen molar-refractivity contribution < 1.29 is 14.3 Å². The van der Waals surface area contributed by atoms with Gasteiger partial charge in [0.15, 0.2) is 0 Å². The van der Waals surface area contributed by atoms with Crippen LogP contribution in [0.25, 0.3) is 0 Å². The van der Waals surface area contributed by atoms with Gasteiger partial charge in [-0.2, -0.15) is 0 Å². The largest absolute Gasteiger partial charge is 0.465 e. The van der Waals surface area contributed by atoms with Gasteiger partial charge in [-0.1, -0.05) is 12.1 Å². The Morgan fingerprint density at radius 1 is 1.37 bits per heavy atom. The molecule has 1 aliphatic heterocycles. The van der Waals surface area contributed by atoms with E-state index >= 15 is 0 Å². The van der Waals surface area contributed by atoms with Crippen molar-refractivity contribution in [3.8, 4) is 0 Å². The van der Waals surface area contributed by atoms with Gasteiger partial charge in [-0.25, -0.2) is 9.18 Å². The predicted octanol–water partition coefficient (Wildman–Crippen LogP) is 2.06. The number of benzene rings is 1. The summed E-state index contributed by atoms with van der Waals surface area (Å²) in [5.74, 6) is 0.257. The van der Waals surface area contributed by atoms with Crippen molar-refractivity contribution in [3.05, 3.63) is 35.6 Å². The van der Waals surface area contributed by atoms with E-state index in [0.717, 1.165) is 18.4 Å². The van der Waals surface area contributed by atoms with E-state index < -0.39 is 6.09 Å². The number of fused-ring (bicyclic) bond motifs is 2. The first-order valence-corrected chi connectivity index (χ1v) is 6.61. The number of halogens is 1. The smallest absolute Gasteiger partial charge is 0.407 e. The van der Waals surface area contributed by atoms with Crippen LogP contribution in [0.5, 0.6) is 0 Å². The molecule has 2 N–H and O–H groups in total. The maximum atomic E-state index is 12.8. The Labute approximate surface area is 111 Å². The number of nitrogens with zero attached hydrogens (tertiary/aromatic N) is 1. The predicted molar refractivity (Wildman–Crippen MR) is 68.3 cm³/mol. The van der Waals surface area contributed by atoms with Crippen LogP contribution in [0, 0.1) is 11.7 Å². The van der Waals surface area contributed by atoms with Gasteiger partial charge in [-0.15, -0.1) is 0 Å². The molecule has 102 valence electrons. The van der Waals surface area contributed by atoms with Crippen LogP contribution in [0.1, 0.15) is 18.4 Å². The fourth-order valence-corrected chi connectivity index (χ4v) is 3.32. The van der Waals surface area contributed by atoms with Crippen LogP contribution >= 0.6 is 0 Å². The molecule has 19 heavy (non-hydrogen) atoms. The number of nitrogens with one attached hydrogen (secondary N) is 1. The van der Waals surface area contributed by atoms with Gasteiger partial charge in [0.2, 0.25) is 0 Å². The highest BCUT2D eigenvalue weighted by molar-refractivity contribution is 5.66. The van der Waals surface area contributed by atoms with Gasteiger partial charge < -0.3 is 15.3 Å². The zero-order valence-corrected chi connectivity index (χ0v) is 10.6. The molecule has 5 heteroatoms. The number of likely N-dealkylation sites (tertiary alicyclic amines) is 1. The zero-order chi connectivity index (χ0) is 13.4. The normalized spacial score (nSPS) is 28.9. The summed E-state index contributed by atoms with van der Waals surface area (Å²) in [5.41, 5.74) is 1.02. The monoisotopic (exact) mass is 264 g/mol. The molecule has 1 aliphatic carbocycles. The maximum Gasteiger partial charge on any atom is 0.407 e. The third kappa shape index (κ3) is 2.42. The van der Waals surface area contributed by atoms with Crippen LogP contribution < -0.4 is 5.32 Å². The van der Waals surface area contributed by atoms with Gasteiger partial charge >= 0.3 is 6.09 Å². The summed E-state index contributed by atoms with van der Waals surface area (Å²) in [6.45, 7) is 1.33. The van der Waals surface area contributed by atoms with Gasteiger partial charge in [0.1, 0.15) is 5.82 Å². The van der Waals surface area contributed by atoms with Gasteiger partial charge in [0.05, 0.1) is 6.04 Å². The fourth-order valence-electron chi connectivity index (χ4n) is 3.32. The molecule has 4 nitrogen and oxygen atoms in total. The summed E-state index contributed by atoms with van der Waals surface area (Å²) in [4.78, 5) is 12.7. The molecular formula is C14H17FN2O2. The number of hydrogen-bond acceptors (Lipinski definition) is 2. The lowest BCUT2D eigenvalue weighted by atomic mass is 10.1. The van der Waals surface area contributed by atoms with Gasteiger partial charge in [0.25, 0.3) is 0 Å². The minimum atomic E-state index is -0.819. The highest BCUT2D eigenvalue weighted by Gasteiger charge is 2.46. The molecule has 3 atom stereocenters. The first kappa shape index (κ1) is 12.4. The summed E-state index contributed by atoms with van der Waals surface area (Å²) in [7, 11) is 0. The molecule has 2 aliphatic rings. The third-order valence-corrected chi connectivity index (χ3v) is 4.21. The molecule has 1 saturated carbocycles. The fraction of sp³-hybridized carbons (Fsp3) is 0.500. The van der Waals surface area contributed by atoms with Crippen LogP contribution in [0.2, 0.25) is 0 Å². The molecular weight excluding hydrogens is 247 g/mol. The summed E-state index contributed by atoms with van der Waals surface area (Å²) in [6, 6.07) is 6.72. The van der Waals surface area contributed by atoms with Crippen molar-refractivity contribution in [1.29, 1.82) is 0 Å². The number of carbonyl (C=O) groups is 1. The van der Waals surface area contributed by atoms with E-state index in [2.05, 4.69) is 5.32 Å². The zero-order valence-electron chi connectivity index (χ0n) is 10.6. The number of carboxylic acid groups (broad SMARTS) is 1. The Hall–Kier alpha value is -1.62. The highest BCUT2D eigenvalue weighted by atomic mass is 19.1. The second-order valence-corrected chi connectivity index (χ2v) is 5.45. The van der Waals surface area contributed by atoms with Gasteiger partial charge in [-0.05, 0) is 36.5 Å². The Balaban J connectivity index is 1.59. The number of rotatable bonds is 3. The molecule has 1 aromatic rings. The SMILES string of the molecule is O=C(O)N1C[C@H]2C[C@@H](NCc3ccc(F)cc3)[C@@H]1C2. The number of piperidine rings is 1. The molecule has 1 saturated heterocycles. The molecule has 1 aromatic carbocycles. The minimum absolute atomic E-state index is 0.1000. The van der Waals surface area contributed by atoms with Gasteiger partial charge in [-0.3, -0.25) is 0 Å². The molecule has 0 aromatic heterocycles. The second-order valence-electron chi connectivity index (χ2n) is 5.45. The summed E-state index contributed by atoms with van der Waals surface area (Å²) in [6.07, 6.45) is 1.18. The van der Waals surface area contributed by atoms with E-state index in [4.69, 9.17) is 5.11 Å². The first-order chi connectivity index (χ1) is 9.13. The van der Waals surface area contributed by atoms with Crippen molar-refractivity contribution in [2.24, 2.45) is 5.92 Å². The van der Waals surface area contributed by atoms with Crippen molar-refractivity contribution >= 4 is 6.09 Å². The van der Waals surface area contributed by atoms with E-state index in [1.807, 2.05) is 0 Å². The number of amides is 1. The van der Waals surface area contributed by atoms with Crippen LogP contribution in [0.3, 0.4) is 0 Å². The molecule has 1 heterocycles. The van der Waals surface area contributed by atoms with Crippen molar-refractivity contribution in [1.82, 2.24) is 10.2 Å². The lowest BCUT2D eigenvalue weighted by Crippen LogP contribution is -2.49. The Morgan fingerprint density at radius 3 is 2.74 bits per heavy atom. The molecule has 3 rings (SSSR count). The van der Waals surface area contributed by atoms with E-state index in [0.29, 0.717) is 19.0 Å². The number of hydrogen-bond donors (Lipinski definition) is 2. The molecule has 0 radical (unpaired) electrons. The third-order valence-electron chi connectivity index (χ3n) is 4.21. The summed E-state index contributed by atoms with van der Waals surface area (Å²) < 4.78 is 12.8. The van der Waals surface area contributed by atoms with E-state index in [9.17, 15) is 9.18 Å². The van der Waals surface area contributed by atoms with Crippen LogP contribution in [-0.4, -0.2) is 34.7 Å². The van der Waals surface area contributed by atoms with Crippen LogP contribution in [-0.2, 0) is 6.54 Å². The first-order valence-electron chi connectivity index (χ1n) is 6.61. The van der Waals surface area contributed by atoms with Crippen LogP contribution in [0.15, 0.2) is 24.3 Å². The quantitative estimate of drug-likeness (QED) is 0.878. The summed E-state index contributed by atoms with van der Waals surface area (Å²) in [5, 5.41) is 12.5. The molecule has 2 fully saturated rings. The van der Waals surface area contributed by atoms with E-state index in [1.54, 1.807) is 17.0 Å². The van der Waals surface area contributed by atoms with Crippen molar-refractivity contribution in [3.63, 3.8) is 0 Å². The topological polar surface area (TPSA) is 52.6 Å². The van der Waals surface area contributed by atoms with Crippen LogP contribution in [0.4, 0.5) is 9.18 Å². The summed E-state index contributed by atoms with van der Waals surface area (Å²) >= 11 is 0. The van der Waals surface area contributed by atoms with Gasteiger partial charge in [0, 0.05) is 19.1 Å². The average Bonchev–Trinajstić information content (AvgIpc) is 2.97. The standard InChI is InChI=1S/C14H17FN2O2/c15-11-3-1-9(2-4-11)7-16-12-5-10-6-13(12)17(8-10)14(18)19/h1-4,10,12-13,16H,5-8H2,(H,18,19)/t10-,12+,13-/m0/s1. The van der Waals surface area contributed by atoms with E-state index in [1.165, 1.54) is 12.1 Å².